The van der Waals surface area contributed by atoms with Crippen molar-refractivity contribution in [2.45, 2.75) is 13.3 Å². The third kappa shape index (κ3) is 2.63. The molecule has 0 spiro atoms. The highest BCUT2D eigenvalue weighted by molar-refractivity contribution is 5.90. The SMILES string of the molecule is CCC(=O)Nc1ccc(-c2cc(=O)[nH][nH]2)cc1. The van der Waals surface area contributed by atoms with E-state index in [1.54, 1.807) is 19.1 Å². The molecule has 0 aliphatic carbocycles. The van der Waals surface area contributed by atoms with Gasteiger partial charge in [-0.25, -0.2) is 0 Å². The lowest BCUT2D eigenvalue weighted by Gasteiger charge is -2.04. The number of amides is 1. The summed E-state index contributed by atoms with van der Waals surface area (Å²) in [5.74, 6) is -0.0206. The van der Waals surface area contributed by atoms with Crippen molar-refractivity contribution < 1.29 is 4.79 Å². The van der Waals surface area contributed by atoms with E-state index in [-0.39, 0.29) is 11.5 Å². The maximum absolute atomic E-state index is 11.2. The van der Waals surface area contributed by atoms with Gasteiger partial charge >= 0.3 is 0 Å². The van der Waals surface area contributed by atoms with E-state index in [1.807, 2.05) is 12.1 Å². The molecule has 0 fully saturated rings. The number of carbonyl (C=O) groups is 1. The Kier molecular flexibility index (Phi) is 3.09. The molecule has 0 saturated carbocycles. The van der Waals surface area contributed by atoms with E-state index < -0.39 is 0 Å². The first-order valence-corrected chi connectivity index (χ1v) is 5.37. The number of hydrogen-bond donors (Lipinski definition) is 3. The average molecular weight is 231 g/mol. The molecule has 17 heavy (non-hydrogen) atoms. The lowest BCUT2D eigenvalue weighted by molar-refractivity contribution is -0.115. The van der Waals surface area contributed by atoms with Gasteiger partial charge in [0.25, 0.3) is 5.56 Å². The van der Waals surface area contributed by atoms with Crippen molar-refractivity contribution >= 4 is 11.6 Å². The molecule has 1 aromatic heterocycles. The molecule has 0 aliphatic rings. The van der Waals surface area contributed by atoms with Crippen molar-refractivity contribution in [1.29, 1.82) is 0 Å². The maximum atomic E-state index is 11.2. The van der Waals surface area contributed by atoms with Crippen molar-refractivity contribution in [1.82, 2.24) is 10.2 Å². The number of nitrogens with one attached hydrogen (secondary N) is 3. The number of benzene rings is 1. The fourth-order valence-electron chi connectivity index (χ4n) is 1.47. The number of aromatic nitrogens is 2. The van der Waals surface area contributed by atoms with E-state index in [0.29, 0.717) is 6.42 Å². The Labute approximate surface area is 97.9 Å². The number of H-pyrrole nitrogens is 2. The van der Waals surface area contributed by atoms with Crippen LogP contribution in [0.25, 0.3) is 11.3 Å². The molecule has 0 aliphatic heterocycles. The molecule has 2 rings (SSSR count). The molecular weight excluding hydrogens is 218 g/mol. The van der Waals surface area contributed by atoms with E-state index in [1.165, 1.54) is 6.07 Å². The summed E-state index contributed by atoms with van der Waals surface area (Å²) in [7, 11) is 0. The van der Waals surface area contributed by atoms with Crippen LogP contribution in [0.5, 0.6) is 0 Å². The van der Waals surface area contributed by atoms with Gasteiger partial charge < -0.3 is 5.32 Å². The minimum absolute atomic E-state index is 0.0206. The Balaban J connectivity index is 2.18. The number of rotatable bonds is 3. The van der Waals surface area contributed by atoms with Crippen LogP contribution in [-0.2, 0) is 4.79 Å². The van der Waals surface area contributed by atoms with Gasteiger partial charge in [-0.3, -0.25) is 19.8 Å². The van der Waals surface area contributed by atoms with Crippen LogP contribution in [0.4, 0.5) is 5.69 Å². The molecule has 5 nitrogen and oxygen atoms in total. The van der Waals surface area contributed by atoms with E-state index in [9.17, 15) is 9.59 Å². The standard InChI is InChI=1S/C12H13N3O2/c1-2-11(16)13-9-5-3-8(4-6-9)10-7-12(17)15-14-10/h3-7H,2H2,1H3,(H,13,16)(H2,14,15,17). The third-order valence-corrected chi connectivity index (χ3v) is 2.40. The van der Waals surface area contributed by atoms with Crippen molar-refractivity contribution in [2.75, 3.05) is 5.32 Å². The van der Waals surface area contributed by atoms with Crippen LogP contribution in [0, 0.1) is 0 Å². The molecule has 2 aromatic rings. The van der Waals surface area contributed by atoms with Crippen LogP contribution in [0.15, 0.2) is 35.1 Å². The van der Waals surface area contributed by atoms with Crippen molar-refractivity contribution in [3.63, 3.8) is 0 Å². The van der Waals surface area contributed by atoms with E-state index in [2.05, 4.69) is 15.5 Å². The highest BCUT2D eigenvalue weighted by Crippen LogP contribution is 2.17. The summed E-state index contributed by atoms with van der Waals surface area (Å²) in [6.07, 6.45) is 0.451. The summed E-state index contributed by atoms with van der Waals surface area (Å²) in [5, 5.41) is 8.00. The van der Waals surface area contributed by atoms with Crippen molar-refractivity contribution in [3.8, 4) is 11.3 Å². The minimum Gasteiger partial charge on any atom is -0.326 e. The van der Waals surface area contributed by atoms with Crippen LogP contribution in [0.1, 0.15) is 13.3 Å². The molecule has 5 heteroatoms. The fraction of sp³-hybridized carbons (Fsp3) is 0.167. The third-order valence-electron chi connectivity index (χ3n) is 2.40. The Morgan fingerprint density at radius 1 is 1.24 bits per heavy atom. The molecule has 1 amide bonds. The van der Waals surface area contributed by atoms with Crippen LogP contribution in [0.2, 0.25) is 0 Å². The second-order valence-electron chi connectivity index (χ2n) is 3.65. The zero-order valence-electron chi connectivity index (χ0n) is 9.41. The number of carbonyl (C=O) groups excluding carboxylic acids is 1. The summed E-state index contributed by atoms with van der Waals surface area (Å²) < 4.78 is 0. The first-order valence-electron chi connectivity index (χ1n) is 5.37. The normalized spacial score (nSPS) is 10.2. The topological polar surface area (TPSA) is 77.8 Å². The summed E-state index contributed by atoms with van der Waals surface area (Å²) in [6, 6.07) is 8.76. The van der Waals surface area contributed by atoms with E-state index in [4.69, 9.17) is 0 Å². The van der Waals surface area contributed by atoms with Crippen LogP contribution in [-0.4, -0.2) is 16.1 Å². The van der Waals surface area contributed by atoms with Gasteiger partial charge in [0, 0.05) is 18.2 Å². The zero-order chi connectivity index (χ0) is 12.3. The van der Waals surface area contributed by atoms with E-state index in [0.717, 1.165) is 16.9 Å². The largest absolute Gasteiger partial charge is 0.326 e. The number of aromatic amines is 2. The molecule has 0 unspecified atom stereocenters. The Hall–Kier alpha value is -2.30. The lowest BCUT2D eigenvalue weighted by Crippen LogP contribution is -2.08. The smallest absolute Gasteiger partial charge is 0.264 e. The highest BCUT2D eigenvalue weighted by atomic mass is 16.1. The number of anilines is 1. The van der Waals surface area contributed by atoms with Crippen molar-refractivity contribution in [2.24, 2.45) is 0 Å². The van der Waals surface area contributed by atoms with Gasteiger partial charge in [-0.05, 0) is 17.7 Å². The molecule has 3 N–H and O–H groups in total. The first kappa shape index (κ1) is 11.2. The molecule has 1 aromatic carbocycles. The predicted molar refractivity (Wildman–Crippen MR) is 65.8 cm³/mol. The van der Waals surface area contributed by atoms with Gasteiger partial charge in [-0.1, -0.05) is 19.1 Å². The summed E-state index contributed by atoms with van der Waals surface area (Å²) in [5.41, 5.74) is 2.20. The molecule has 88 valence electrons. The molecule has 0 bridgehead atoms. The first-order chi connectivity index (χ1) is 8.19. The zero-order valence-corrected chi connectivity index (χ0v) is 9.41. The summed E-state index contributed by atoms with van der Waals surface area (Å²) >= 11 is 0. The monoisotopic (exact) mass is 231 g/mol. The van der Waals surface area contributed by atoms with Crippen LogP contribution < -0.4 is 10.9 Å². The minimum atomic E-state index is -0.164. The molecular formula is C12H13N3O2. The van der Waals surface area contributed by atoms with Gasteiger partial charge in [0.2, 0.25) is 5.91 Å². The van der Waals surface area contributed by atoms with Gasteiger partial charge in [0.1, 0.15) is 0 Å². The van der Waals surface area contributed by atoms with Crippen molar-refractivity contribution in [3.05, 3.63) is 40.7 Å². The second-order valence-corrected chi connectivity index (χ2v) is 3.65. The Morgan fingerprint density at radius 3 is 2.47 bits per heavy atom. The second kappa shape index (κ2) is 4.69. The molecule has 0 atom stereocenters. The number of hydrogen-bond acceptors (Lipinski definition) is 2. The Bertz CT molecular complexity index is 566. The van der Waals surface area contributed by atoms with Gasteiger partial charge in [-0.2, -0.15) is 0 Å². The van der Waals surface area contributed by atoms with Gasteiger partial charge in [0.05, 0.1) is 5.69 Å². The quantitative estimate of drug-likeness (QED) is 0.752. The van der Waals surface area contributed by atoms with Crippen LogP contribution >= 0.6 is 0 Å². The summed E-state index contributed by atoms with van der Waals surface area (Å²) in [4.78, 5) is 22.1. The van der Waals surface area contributed by atoms with Crippen LogP contribution in [0.3, 0.4) is 0 Å². The highest BCUT2D eigenvalue weighted by Gasteiger charge is 2.02. The molecule has 0 saturated heterocycles. The maximum Gasteiger partial charge on any atom is 0.264 e. The van der Waals surface area contributed by atoms with E-state index >= 15 is 0 Å². The van der Waals surface area contributed by atoms with Gasteiger partial charge in [-0.15, -0.1) is 0 Å². The molecule has 1 heterocycles. The van der Waals surface area contributed by atoms with Gasteiger partial charge in [0.15, 0.2) is 0 Å². The Morgan fingerprint density at radius 2 is 1.94 bits per heavy atom. The predicted octanol–water partition coefficient (Wildman–Crippen LogP) is 1.72. The average Bonchev–Trinajstić information content (AvgIpc) is 2.77. The summed E-state index contributed by atoms with van der Waals surface area (Å²) in [6.45, 7) is 1.80. The lowest BCUT2D eigenvalue weighted by atomic mass is 10.1. The molecule has 0 radical (unpaired) electrons. The fourth-order valence-corrected chi connectivity index (χ4v) is 1.47.